The molecule has 0 aliphatic heterocycles. The van der Waals surface area contributed by atoms with Gasteiger partial charge in [-0.05, 0) is 55.0 Å². The van der Waals surface area contributed by atoms with E-state index in [1.54, 1.807) is 18.2 Å². The number of benzene rings is 1. The van der Waals surface area contributed by atoms with Crippen LogP contribution in [0.5, 0.6) is 0 Å². The van der Waals surface area contributed by atoms with Crippen molar-refractivity contribution in [2.45, 2.75) is 26.2 Å². The number of anilines is 1. The fourth-order valence-electron chi connectivity index (χ4n) is 3.52. The second-order valence-electron chi connectivity index (χ2n) is 7.00. The van der Waals surface area contributed by atoms with Gasteiger partial charge in [-0.25, -0.2) is 4.79 Å². The van der Waals surface area contributed by atoms with Crippen molar-refractivity contribution in [2.75, 3.05) is 5.32 Å². The van der Waals surface area contributed by atoms with E-state index in [0.717, 1.165) is 29.7 Å². The van der Waals surface area contributed by atoms with E-state index in [1.165, 1.54) is 17.4 Å². The Hall–Kier alpha value is -2.64. The number of nitrogens with two attached hydrogens (primary N) is 1. The van der Waals surface area contributed by atoms with Gasteiger partial charge in [-0.1, -0.05) is 18.5 Å². The number of fused-ring (bicyclic) bond motifs is 2. The Labute approximate surface area is 169 Å². The van der Waals surface area contributed by atoms with E-state index in [1.807, 2.05) is 0 Å². The van der Waals surface area contributed by atoms with E-state index in [9.17, 15) is 14.4 Å². The molecule has 1 unspecified atom stereocenters. The van der Waals surface area contributed by atoms with Crippen LogP contribution in [-0.2, 0) is 12.8 Å². The summed E-state index contributed by atoms with van der Waals surface area (Å²) in [6, 6.07) is 6.21. The minimum absolute atomic E-state index is 0.162. The first kappa shape index (κ1) is 18.7. The fourth-order valence-corrected chi connectivity index (χ4v) is 5.11. The predicted octanol–water partition coefficient (Wildman–Crippen LogP) is 3.98. The van der Waals surface area contributed by atoms with Crippen LogP contribution in [0.2, 0.25) is 5.02 Å². The second kappa shape index (κ2) is 7.07. The average Bonchev–Trinajstić information content (AvgIpc) is 2.98. The summed E-state index contributed by atoms with van der Waals surface area (Å²) in [5, 5.41) is 4.06. The summed E-state index contributed by atoms with van der Waals surface area (Å²) >= 11 is 7.32. The highest BCUT2D eigenvalue weighted by atomic mass is 35.5. The quantitative estimate of drug-likeness (QED) is 0.630. The van der Waals surface area contributed by atoms with Gasteiger partial charge in [-0.15, -0.1) is 11.3 Å². The van der Waals surface area contributed by atoms with Crippen LogP contribution < -0.4 is 16.7 Å². The lowest BCUT2D eigenvalue weighted by Crippen LogP contribution is -2.22. The first-order valence-corrected chi connectivity index (χ1v) is 10.0. The van der Waals surface area contributed by atoms with Gasteiger partial charge in [0.15, 0.2) is 0 Å². The molecule has 1 atom stereocenters. The highest BCUT2D eigenvalue weighted by Crippen LogP contribution is 2.39. The van der Waals surface area contributed by atoms with Gasteiger partial charge in [0.1, 0.15) is 16.1 Å². The van der Waals surface area contributed by atoms with E-state index >= 15 is 0 Å². The van der Waals surface area contributed by atoms with E-state index in [4.69, 9.17) is 21.8 Å². The zero-order chi connectivity index (χ0) is 20.0. The van der Waals surface area contributed by atoms with Crippen molar-refractivity contribution >= 4 is 50.7 Å². The Morgan fingerprint density at radius 3 is 2.86 bits per heavy atom. The molecule has 2 amide bonds. The summed E-state index contributed by atoms with van der Waals surface area (Å²) < 4.78 is 5.22. The van der Waals surface area contributed by atoms with E-state index < -0.39 is 17.4 Å². The average molecular weight is 417 g/mol. The number of hydrogen-bond donors (Lipinski definition) is 2. The molecule has 3 N–H and O–H groups in total. The number of thiophene rings is 1. The number of halogens is 1. The van der Waals surface area contributed by atoms with Crippen LogP contribution in [0.15, 0.2) is 33.5 Å². The van der Waals surface area contributed by atoms with Crippen molar-refractivity contribution < 1.29 is 14.0 Å². The maximum Gasteiger partial charge on any atom is 0.349 e. The molecule has 8 heteroatoms. The number of carbonyl (C=O) groups excluding carboxylic acids is 2. The molecule has 1 aromatic carbocycles. The van der Waals surface area contributed by atoms with Crippen LogP contribution >= 0.6 is 22.9 Å². The first-order valence-electron chi connectivity index (χ1n) is 8.82. The third-order valence-electron chi connectivity index (χ3n) is 4.92. The number of amides is 2. The van der Waals surface area contributed by atoms with Gasteiger partial charge < -0.3 is 15.5 Å². The Balaban J connectivity index is 1.73. The maximum absolute atomic E-state index is 12.8. The molecule has 28 heavy (non-hydrogen) atoms. The van der Waals surface area contributed by atoms with Gasteiger partial charge >= 0.3 is 5.63 Å². The molecule has 0 saturated carbocycles. The van der Waals surface area contributed by atoms with Gasteiger partial charge in [0.2, 0.25) is 0 Å². The normalized spacial score (nSPS) is 16.0. The highest BCUT2D eigenvalue weighted by Gasteiger charge is 2.28. The van der Waals surface area contributed by atoms with Gasteiger partial charge in [0.25, 0.3) is 11.8 Å². The molecule has 0 fully saturated rings. The van der Waals surface area contributed by atoms with Crippen molar-refractivity contribution in [3.63, 3.8) is 0 Å². The minimum atomic E-state index is -0.761. The lowest BCUT2D eigenvalue weighted by Gasteiger charge is -2.18. The molecule has 1 aliphatic carbocycles. The molecule has 3 aromatic rings. The molecule has 0 saturated heterocycles. The topological polar surface area (TPSA) is 102 Å². The monoisotopic (exact) mass is 416 g/mol. The predicted molar refractivity (Wildman–Crippen MR) is 109 cm³/mol. The standard InChI is InChI=1S/C20H17ClN2O4S/c1-9-2-4-12-15(6-9)28-19(16(12)17(22)24)23-18(25)13-8-10-7-11(21)3-5-14(10)27-20(13)26/h3,5,7-9H,2,4,6H2,1H3,(H2,22,24)(H,23,25). The van der Waals surface area contributed by atoms with Crippen LogP contribution in [0.1, 0.15) is 44.5 Å². The van der Waals surface area contributed by atoms with Gasteiger partial charge in [0, 0.05) is 15.3 Å². The highest BCUT2D eigenvalue weighted by molar-refractivity contribution is 7.17. The number of primary amides is 1. The molecule has 2 heterocycles. The van der Waals surface area contributed by atoms with Gasteiger partial charge in [-0.2, -0.15) is 0 Å². The number of hydrogen-bond acceptors (Lipinski definition) is 5. The summed E-state index contributed by atoms with van der Waals surface area (Å²) in [7, 11) is 0. The van der Waals surface area contributed by atoms with Crippen LogP contribution in [0.3, 0.4) is 0 Å². The lowest BCUT2D eigenvalue weighted by molar-refractivity contribution is 0.1000. The van der Waals surface area contributed by atoms with Crippen LogP contribution in [-0.4, -0.2) is 11.8 Å². The Bertz CT molecular complexity index is 1180. The maximum atomic E-state index is 12.8. The lowest BCUT2D eigenvalue weighted by atomic mass is 9.88. The van der Waals surface area contributed by atoms with Crippen LogP contribution in [0, 0.1) is 5.92 Å². The molecular weight excluding hydrogens is 400 g/mol. The Kier molecular flexibility index (Phi) is 4.72. The smallest absolute Gasteiger partial charge is 0.349 e. The molecule has 2 aromatic heterocycles. The molecule has 0 bridgehead atoms. The van der Waals surface area contributed by atoms with Crippen molar-refractivity contribution in [1.82, 2.24) is 0 Å². The molecule has 0 radical (unpaired) electrons. The van der Waals surface area contributed by atoms with Crippen molar-refractivity contribution in [3.8, 4) is 0 Å². The third kappa shape index (κ3) is 3.31. The van der Waals surface area contributed by atoms with E-state index in [0.29, 0.717) is 32.5 Å². The Morgan fingerprint density at radius 2 is 2.11 bits per heavy atom. The summed E-state index contributed by atoms with van der Waals surface area (Å²) in [5.41, 5.74) is 6.24. The molecule has 1 aliphatic rings. The summed E-state index contributed by atoms with van der Waals surface area (Å²) in [6.45, 7) is 2.15. The summed E-state index contributed by atoms with van der Waals surface area (Å²) in [4.78, 5) is 38.1. The van der Waals surface area contributed by atoms with Crippen molar-refractivity contribution in [1.29, 1.82) is 0 Å². The van der Waals surface area contributed by atoms with Crippen molar-refractivity contribution in [2.24, 2.45) is 11.7 Å². The van der Waals surface area contributed by atoms with Gasteiger partial charge in [-0.3, -0.25) is 9.59 Å². The largest absolute Gasteiger partial charge is 0.422 e. The van der Waals surface area contributed by atoms with E-state index in [-0.39, 0.29) is 5.56 Å². The molecule has 0 spiro atoms. The fraction of sp³-hybridized carbons (Fsp3) is 0.250. The minimum Gasteiger partial charge on any atom is -0.422 e. The van der Waals surface area contributed by atoms with E-state index in [2.05, 4.69) is 12.2 Å². The zero-order valence-corrected chi connectivity index (χ0v) is 16.6. The molecule has 144 valence electrons. The summed E-state index contributed by atoms with van der Waals surface area (Å²) in [6.07, 6.45) is 2.55. The molecule has 4 rings (SSSR count). The van der Waals surface area contributed by atoms with Crippen molar-refractivity contribution in [3.05, 3.63) is 61.3 Å². The zero-order valence-electron chi connectivity index (χ0n) is 15.0. The number of nitrogens with one attached hydrogen (secondary N) is 1. The molecule has 6 nitrogen and oxygen atoms in total. The number of carbonyl (C=O) groups is 2. The summed E-state index contributed by atoms with van der Waals surface area (Å²) in [5.74, 6) is -0.725. The third-order valence-corrected chi connectivity index (χ3v) is 6.33. The second-order valence-corrected chi connectivity index (χ2v) is 8.55. The number of rotatable bonds is 3. The van der Waals surface area contributed by atoms with Crippen LogP contribution in [0.25, 0.3) is 11.0 Å². The first-order chi connectivity index (χ1) is 13.3. The molecular formula is C20H17ClN2O4S. The van der Waals surface area contributed by atoms with Crippen LogP contribution in [0.4, 0.5) is 5.00 Å². The van der Waals surface area contributed by atoms with Gasteiger partial charge in [0.05, 0.1) is 5.56 Å². The Morgan fingerprint density at radius 1 is 1.32 bits per heavy atom. The SMILES string of the molecule is CC1CCc2c(sc(NC(=O)c3cc4cc(Cl)ccc4oc3=O)c2C(N)=O)C1.